The molecule has 2 heterocycles. The number of nitrogens with zero attached hydrogens (tertiary/aromatic N) is 2. The number of β-amino-alcohol motifs (C(OH)–C–C–N with tert-alkyl or cyclic N) is 1. The number of thiophene rings is 1. The third-order valence-corrected chi connectivity index (χ3v) is 4.82. The van der Waals surface area contributed by atoms with E-state index < -0.39 is 23.8 Å². The molecule has 2 N–H and O–H groups in total. The summed E-state index contributed by atoms with van der Waals surface area (Å²) >= 11 is 1.28. The van der Waals surface area contributed by atoms with Crippen LogP contribution in [0.5, 0.6) is 0 Å². The van der Waals surface area contributed by atoms with Gasteiger partial charge in [-0.05, 0) is 31.7 Å². The highest BCUT2D eigenvalue weighted by atomic mass is 32.1. The normalized spacial score (nSPS) is 20.5. The van der Waals surface area contributed by atoms with Crippen molar-refractivity contribution in [3.8, 4) is 0 Å². The summed E-state index contributed by atoms with van der Waals surface area (Å²) in [7, 11) is 3.20. The molecule has 24 heavy (non-hydrogen) atoms. The molecule has 0 fully saturated rings. The summed E-state index contributed by atoms with van der Waals surface area (Å²) < 4.78 is 5.40. The third kappa shape index (κ3) is 3.55. The van der Waals surface area contributed by atoms with Gasteiger partial charge in [0.05, 0.1) is 13.2 Å². The van der Waals surface area contributed by atoms with Crippen LogP contribution in [0, 0.1) is 0 Å². The van der Waals surface area contributed by atoms with Crippen LogP contribution in [0.15, 0.2) is 5.38 Å². The molecule has 0 radical (unpaired) electrons. The second-order valence-electron chi connectivity index (χ2n) is 6.98. The second kappa shape index (κ2) is 6.70. The molecule has 1 aliphatic rings. The smallest absolute Gasteiger partial charge is 0.411 e. The molecule has 2 unspecified atom stereocenters. The Morgan fingerprint density at radius 3 is 2.54 bits per heavy atom. The molecule has 0 aliphatic carbocycles. The number of rotatable bonds is 2. The number of amides is 2. The van der Waals surface area contributed by atoms with Gasteiger partial charge in [-0.3, -0.25) is 9.69 Å². The quantitative estimate of drug-likeness (QED) is 0.841. The highest BCUT2D eigenvalue weighted by Gasteiger charge is 2.43. The van der Waals surface area contributed by atoms with Gasteiger partial charge >= 0.3 is 6.09 Å². The summed E-state index contributed by atoms with van der Waals surface area (Å²) in [6.45, 7) is 4.92. The monoisotopic (exact) mass is 356 g/mol. The Bertz CT molecular complexity index is 635. The standard InChI is InChI=1S/C16H24N2O5S/c1-16(2,3)23-15(22)18-6-10(20)13-11(9(7-19)8-24-13)12(18)14(21)17(4)5/h8,10,12,19-20H,6-7H2,1-5H3. The van der Waals surface area contributed by atoms with Crippen LogP contribution in [0.1, 0.15) is 48.9 Å². The molecule has 2 rings (SSSR count). The van der Waals surface area contributed by atoms with Gasteiger partial charge in [0, 0.05) is 24.5 Å². The first kappa shape index (κ1) is 18.7. The molecular weight excluding hydrogens is 332 g/mol. The van der Waals surface area contributed by atoms with Crippen molar-refractivity contribution in [3.63, 3.8) is 0 Å². The van der Waals surface area contributed by atoms with Gasteiger partial charge in [-0.15, -0.1) is 11.3 Å². The Morgan fingerprint density at radius 2 is 2.04 bits per heavy atom. The van der Waals surface area contributed by atoms with Crippen molar-refractivity contribution in [3.05, 3.63) is 21.4 Å². The number of aliphatic hydroxyl groups is 2. The Balaban J connectivity index is 2.50. The van der Waals surface area contributed by atoms with E-state index in [9.17, 15) is 19.8 Å². The minimum Gasteiger partial charge on any atom is -0.444 e. The van der Waals surface area contributed by atoms with Gasteiger partial charge in [0.1, 0.15) is 17.7 Å². The van der Waals surface area contributed by atoms with E-state index in [1.165, 1.54) is 21.1 Å². The van der Waals surface area contributed by atoms with E-state index in [1.807, 2.05) is 0 Å². The van der Waals surface area contributed by atoms with Crippen molar-refractivity contribution in [2.45, 2.75) is 45.1 Å². The molecule has 1 aliphatic heterocycles. The van der Waals surface area contributed by atoms with E-state index in [2.05, 4.69) is 0 Å². The summed E-state index contributed by atoms with van der Waals surface area (Å²) in [6.07, 6.45) is -1.58. The van der Waals surface area contributed by atoms with Crippen molar-refractivity contribution in [1.82, 2.24) is 9.80 Å². The van der Waals surface area contributed by atoms with Crippen LogP contribution < -0.4 is 0 Å². The van der Waals surface area contributed by atoms with Crippen LogP contribution in [0.4, 0.5) is 4.79 Å². The highest BCUT2D eigenvalue weighted by Crippen LogP contribution is 2.42. The first-order valence-corrected chi connectivity index (χ1v) is 8.54. The lowest BCUT2D eigenvalue weighted by molar-refractivity contribution is -0.136. The number of fused-ring (bicyclic) bond motifs is 1. The van der Waals surface area contributed by atoms with Gasteiger partial charge in [-0.2, -0.15) is 0 Å². The lowest BCUT2D eigenvalue weighted by atomic mass is 9.94. The minimum absolute atomic E-state index is 0.0302. The molecule has 1 aromatic rings. The number of likely N-dealkylation sites (N-methyl/N-ethyl adjacent to an activating group) is 1. The molecule has 8 heteroatoms. The third-order valence-electron chi connectivity index (χ3n) is 3.67. The van der Waals surface area contributed by atoms with E-state index in [4.69, 9.17) is 4.74 Å². The number of ether oxygens (including phenoxy) is 1. The average molecular weight is 356 g/mol. The van der Waals surface area contributed by atoms with E-state index >= 15 is 0 Å². The summed E-state index contributed by atoms with van der Waals surface area (Å²) in [5.41, 5.74) is 0.330. The molecule has 0 bridgehead atoms. The summed E-state index contributed by atoms with van der Waals surface area (Å²) in [4.78, 5) is 28.6. The molecule has 2 amide bonds. The van der Waals surface area contributed by atoms with Crippen molar-refractivity contribution in [2.75, 3.05) is 20.6 Å². The fourth-order valence-corrected chi connectivity index (χ4v) is 3.72. The number of hydrogen-bond donors (Lipinski definition) is 2. The molecule has 0 spiro atoms. The SMILES string of the molecule is CN(C)C(=O)C1c2c(CO)csc2C(O)CN1C(=O)OC(C)(C)C. The number of hydrogen-bond acceptors (Lipinski definition) is 6. The first-order chi connectivity index (χ1) is 11.1. The van der Waals surface area contributed by atoms with E-state index in [1.54, 1.807) is 40.2 Å². The zero-order valence-electron chi connectivity index (χ0n) is 14.6. The Hall–Kier alpha value is -1.64. The number of aliphatic hydroxyl groups excluding tert-OH is 2. The maximum absolute atomic E-state index is 12.7. The fourth-order valence-electron chi connectivity index (χ4n) is 2.64. The zero-order valence-corrected chi connectivity index (χ0v) is 15.4. The highest BCUT2D eigenvalue weighted by molar-refractivity contribution is 7.10. The van der Waals surface area contributed by atoms with Gasteiger partial charge in [-0.1, -0.05) is 0 Å². The van der Waals surface area contributed by atoms with E-state index in [0.29, 0.717) is 16.0 Å². The number of carbonyl (C=O) groups excluding carboxylic acids is 2. The van der Waals surface area contributed by atoms with Gasteiger partial charge in [0.2, 0.25) is 5.91 Å². The van der Waals surface area contributed by atoms with Crippen LogP contribution in [0.3, 0.4) is 0 Å². The molecule has 0 saturated carbocycles. The molecule has 134 valence electrons. The van der Waals surface area contributed by atoms with Gasteiger partial charge in [0.25, 0.3) is 0 Å². The average Bonchev–Trinajstić information content (AvgIpc) is 2.89. The molecule has 7 nitrogen and oxygen atoms in total. The second-order valence-corrected chi connectivity index (χ2v) is 7.89. The Morgan fingerprint density at radius 1 is 1.42 bits per heavy atom. The zero-order chi connectivity index (χ0) is 18.2. The summed E-state index contributed by atoms with van der Waals surface area (Å²) in [5.74, 6) is -0.304. The van der Waals surface area contributed by atoms with Crippen LogP contribution in [-0.2, 0) is 16.1 Å². The largest absolute Gasteiger partial charge is 0.444 e. The lowest BCUT2D eigenvalue weighted by Crippen LogP contribution is -2.49. The maximum Gasteiger partial charge on any atom is 0.411 e. The van der Waals surface area contributed by atoms with Crippen molar-refractivity contribution in [1.29, 1.82) is 0 Å². The van der Waals surface area contributed by atoms with Crippen molar-refractivity contribution >= 4 is 23.3 Å². The van der Waals surface area contributed by atoms with Crippen LogP contribution in [0.2, 0.25) is 0 Å². The molecule has 0 aromatic carbocycles. The summed E-state index contributed by atoms with van der Waals surface area (Å²) in [5, 5.41) is 21.7. The predicted molar refractivity (Wildman–Crippen MR) is 89.6 cm³/mol. The van der Waals surface area contributed by atoms with Crippen LogP contribution in [-0.4, -0.2) is 58.3 Å². The Labute approximate surface area is 145 Å². The maximum atomic E-state index is 12.7. The van der Waals surface area contributed by atoms with E-state index in [-0.39, 0.29) is 19.1 Å². The van der Waals surface area contributed by atoms with Crippen LogP contribution >= 0.6 is 11.3 Å². The molecular formula is C16H24N2O5S. The fraction of sp³-hybridized carbons (Fsp3) is 0.625. The van der Waals surface area contributed by atoms with E-state index in [0.717, 1.165) is 0 Å². The van der Waals surface area contributed by atoms with Gasteiger partial charge in [-0.25, -0.2) is 4.79 Å². The van der Waals surface area contributed by atoms with Crippen LogP contribution in [0.25, 0.3) is 0 Å². The summed E-state index contributed by atoms with van der Waals surface area (Å²) in [6, 6.07) is -0.915. The van der Waals surface area contributed by atoms with Gasteiger partial charge in [0.15, 0.2) is 0 Å². The molecule has 2 atom stereocenters. The van der Waals surface area contributed by atoms with Crippen molar-refractivity contribution in [2.24, 2.45) is 0 Å². The molecule has 0 saturated heterocycles. The minimum atomic E-state index is -0.915. The topological polar surface area (TPSA) is 90.3 Å². The Kier molecular flexibility index (Phi) is 5.22. The lowest BCUT2D eigenvalue weighted by Gasteiger charge is -2.39. The molecule has 1 aromatic heterocycles. The number of carbonyl (C=O) groups is 2. The van der Waals surface area contributed by atoms with Crippen molar-refractivity contribution < 1.29 is 24.5 Å². The van der Waals surface area contributed by atoms with Gasteiger partial charge < -0.3 is 19.8 Å². The predicted octanol–water partition coefficient (Wildman–Crippen LogP) is 1.65. The first-order valence-electron chi connectivity index (χ1n) is 7.66.